The van der Waals surface area contributed by atoms with E-state index in [9.17, 15) is 13.2 Å². The molecular weight excluding hydrogens is 418 g/mol. The van der Waals surface area contributed by atoms with Gasteiger partial charge in [-0.1, -0.05) is 13.0 Å². The summed E-state index contributed by atoms with van der Waals surface area (Å²) in [6, 6.07) is 17.4. The van der Waals surface area contributed by atoms with Gasteiger partial charge >= 0.3 is 0 Å². The standard InChI is InChI=1S/C22H23N3O3S2/c1-16-12-13-25(15-16)20-10-8-18(9-11-20)23-22(26)17-4-6-19(7-5-17)24-30(27,28)21-3-2-14-29-21/h2-11,14,16,24H,12-13,15H2,1H3,(H,23,26). The van der Waals surface area contributed by atoms with E-state index in [0.717, 1.165) is 30.1 Å². The van der Waals surface area contributed by atoms with Gasteiger partial charge in [-0.05, 0) is 72.3 Å². The van der Waals surface area contributed by atoms with Crippen molar-refractivity contribution in [2.75, 3.05) is 28.0 Å². The summed E-state index contributed by atoms with van der Waals surface area (Å²) >= 11 is 1.15. The van der Waals surface area contributed by atoms with Crippen molar-refractivity contribution in [3.8, 4) is 0 Å². The molecule has 1 aromatic heterocycles. The van der Waals surface area contributed by atoms with Gasteiger partial charge < -0.3 is 10.2 Å². The number of thiophene rings is 1. The van der Waals surface area contributed by atoms with Crippen LogP contribution in [-0.2, 0) is 10.0 Å². The molecule has 1 amide bonds. The quantitative estimate of drug-likeness (QED) is 0.584. The van der Waals surface area contributed by atoms with E-state index in [1.54, 1.807) is 41.8 Å². The van der Waals surface area contributed by atoms with E-state index in [1.807, 2.05) is 24.3 Å². The summed E-state index contributed by atoms with van der Waals surface area (Å²) in [5, 5.41) is 4.59. The lowest BCUT2D eigenvalue weighted by molar-refractivity contribution is 0.102. The van der Waals surface area contributed by atoms with Crippen molar-refractivity contribution in [3.63, 3.8) is 0 Å². The largest absolute Gasteiger partial charge is 0.371 e. The fourth-order valence-electron chi connectivity index (χ4n) is 3.44. The molecule has 156 valence electrons. The Labute approximate surface area is 180 Å². The van der Waals surface area contributed by atoms with Crippen LogP contribution < -0.4 is 14.9 Å². The van der Waals surface area contributed by atoms with Gasteiger partial charge in [-0.3, -0.25) is 9.52 Å². The lowest BCUT2D eigenvalue weighted by atomic mass is 10.2. The Morgan fingerprint density at radius 3 is 2.33 bits per heavy atom. The number of amides is 1. The molecule has 2 N–H and O–H groups in total. The van der Waals surface area contributed by atoms with E-state index in [0.29, 0.717) is 17.2 Å². The van der Waals surface area contributed by atoms with Crippen LogP contribution >= 0.6 is 11.3 Å². The van der Waals surface area contributed by atoms with Crippen LogP contribution in [0, 0.1) is 5.92 Å². The Morgan fingerprint density at radius 1 is 1.03 bits per heavy atom. The maximum atomic E-state index is 12.5. The predicted molar refractivity (Wildman–Crippen MR) is 122 cm³/mol. The average molecular weight is 442 g/mol. The van der Waals surface area contributed by atoms with Crippen molar-refractivity contribution in [2.24, 2.45) is 5.92 Å². The van der Waals surface area contributed by atoms with Crippen molar-refractivity contribution in [2.45, 2.75) is 17.6 Å². The summed E-state index contributed by atoms with van der Waals surface area (Å²) in [4.78, 5) is 14.9. The topological polar surface area (TPSA) is 78.5 Å². The zero-order valence-corrected chi connectivity index (χ0v) is 18.2. The van der Waals surface area contributed by atoms with Crippen LogP contribution in [0.1, 0.15) is 23.7 Å². The summed E-state index contributed by atoms with van der Waals surface area (Å²) in [6.45, 7) is 4.39. The van der Waals surface area contributed by atoms with Gasteiger partial charge in [0.2, 0.25) is 0 Å². The molecule has 30 heavy (non-hydrogen) atoms. The molecule has 0 bridgehead atoms. The molecule has 1 atom stereocenters. The van der Waals surface area contributed by atoms with Crippen LogP contribution in [0.3, 0.4) is 0 Å². The minimum absolute atomic E-state index is 0.245. The summed E-state index contributed by atoms with van der Waals surface area (Å²) < 4.78 is 27.3. The molecule has 4 rings (SSSR count). The molecule has 6 nitrogen and oxygen atoms in total. The lowest BCUT2D eigenvalue weighted by Gasteiger charge is -2.18. The molecule has 0 aliphatic carbocycles. The number of nitrogens with zero attached hydrogens (tertiary/aromatic N) is 1. The third-order valence-electron chi connectivity index (χ3n) is 5.07. The summed E-state index contributed by atoms with van der Waals surface area (Å²) in [7, 11) is -3.60. The van der Waals surface area contributed by atoms with Crippen molar-refractivity contribution >= 4 is 44.3 Å². The Bertz CT molecular complexity index is 1110. The Hall–Kier alpha value is -2.84. The number of rotatable bonds is 6. The zero-order valence-electron chi connectivity index (χ0n) is 16.5. The second-order valence-electron chi connectivity index (χ2n) is 7.46. The number of hydrogen-bond donors (Lipinski definition) is 2. The van der Waals surface area contributed by atoms with E-state index in [2.05, 4.69) is 21.9 Å². The molecule has 2 aromatic carbocycles. The highest BCUT2D eigenvalue weighted by molar-refractivity contribution is 7.94. The molecule has 1 aliphatic rings. The molecule has 8 heteroatoms. The van der Waals surface area contributed by atoms with Gasteiger partial charge in [0.15, 0.2) is 0 Å². The summed E-state index contributed by atoms with van der Waals surface area (Å²) in [6.07, 6.45) is 1.21. The minimum atomic E-state index is -3.60. The van der Waals surface area contributed by atoms with Crippen LogP contribution in [0.15, 0.2) is 70.3 Å². The number of sulfonamides is 1. The van der Waals surface area contributed by atoms with Crippen LogP contribution in [0.5, 0.6) is 0 Å². The van der Waals surface area contributed by atoms with Crippen LogP contribution in [0.2, 0.25) is 0 Å². The summed E-state index contributed by atoms with van der Waals surface area (Å²) in [5.74, 6) is 0.465. The maximum absolute atomic E-state index is 12.5. The molecular formula is C22H23N3O3S2. The first-order chi connectivity index (χ1) is 14.4. The van der Waals surface area contributed by atoms with Crippen LogP contribution in [-0.4, -0.2) is 27.4 Å². The fourth-order valence-corrected chi connectivity index (χ4v) is 5.49. The number of nitrogens with one attached hydrogen (secondary N) is 2. The van der Waals surface area contributed by atoms with Gasteiger partial charge in [0.1, 0.15) is 4.21 Å². The number of benzene rings is 2. The normalized spacial score (nSPS) is 16.4. The van der Waals surface area contributed by atoms with E-state index in [4.69, 9.17) is 0 Å². The van der Waals surface area contributed by atoms with Crippen molar-refractivity contribution in [1.29, 1.82) is 0 Å². The number of carbonyl (C=O) groups is 1. The Kier molecular flexibility index (Phi) is 5.78. The molecule has 0 spiro atoms. The highest BCUT2D eigenvalue weighted by Gasteiger charge is 2.19. The van der Waals surface area contributed by atoms with Crippen molar-refractivity contribution in [3.05, 3.63) is 71.6 Å². The Morgan fingerprint density at radius 2 is 1.73 bits per heavy atom. The van der Waals surface area contributed by atoms with E-state index >= 15 is 0 Å². The molecule has 3 aromatic rings. The second kappa shape index (κ2) is 8.49. The monoisotopic (exact) mass is 441 g/mol. The second-order valence-corrected chi connectivity index (χ2v) is 10.3. The molecule has 0 radical (unpaired) electrons. The smallest absolute Gasteiger partial charge is 0.271 e. The summed E-state index contributed by atoms with van der Waals surface area (Å²) in [5.41, 5.74) is 2.74. The number of anilines is 3. The first-order valence-electron chi connectivity index (χ1n) is 9.73. The van der Waals surface area contributed by atoms with Gasteiger partial charge in [0.25, 0.3) is 15.9 Å². The fraction of sp³-hybridized carbons (Fsp3) is 0.227. The van der Waals surface area contributed by atoms with Gasteiger partial charge in [-0.2, -0.15) is 0 Å². The van der Waals surface area contributed by atoms with E-state index < -0.39 is 10.0 Å². The molecule has 1 unspecified atom stereocenters. The SMILES string of the molecule is CC1CCN(c2ccc(NC(=O)c3ccc(NS(=O)(=O)c4cccs4)cc3)cc2)C1. The molecule has 0 saturated carbocycles. The van der Waals surface area contributed by atoms with Gasteiger partial charge in [-0.25, -0.2) is 8.42 Å². The first kappa shape index (κ1) is 20.4. The maximum Gasteiger partial charge on any atom is 0.271 e. The average Bonchev–Trinajstić information content (AvgIpc) is 3.41. The predicted octanol–water partition coefficient (Wildman–Crippen LogP) is 4.65. The minimum Gasteiger partial charge on any atom is -0.371 e. The number of hydrogen-bond acceptors (Lipinski definition) is 5. The van der Waals surface area contributed by atoms with E-state index in [-0.39, 0.29) is 10.1 Å². The van der Waals surface area contributed by atoms with Crippen LogP contribution in [0.4, 0.5) is 17.1 Å². The third-order valence-corrected chi connectivity index (χ3v) is 7.85. The molecule has 1 saturated heterocycles. The van der Waals surface area contributed by atoms with Crippen molar-refractivity contribution in [1.82, 2.24) is 0 Å². The zero-order chi connectivity index (χ0) is 21.1. The third kappa shape index (κ3) is 4.66. The van der Waals surface area contributed by atoms with E-state index in [1.165, 1.54) is 12.1 Å². The first-order valence-corrected chi connectivity index (χ1v) is 12.1. The van der Waals surface area contributed by atoms with Crippen molar-refractivity contribution < 1.29 is 13.2 Å². The van der Waals surface area contributed by atoms with Gasteiger partial charge in [0.05, 0.1) is 0 Å². The Balaban J connectivity index is 1.38. The molecule has 1 fully saturated rings. The molecule has 1 aliphatic heterocycles. The molecule has 2 heterocycles. The highest BCUT2D eigenvalue weighted by Crippen LogP contribution is 2.25. The van der Waals surface area contributed by atoms with Crippen LogP contribution in [0.25, 0.3) is 0 Å². The lowest BCUT2D eigenvalue weighted by Crippen LogP contribution is -2.19. The van der Waals surface area contributed by atoms with Gasteiger partial charge in [0, 0.05) is 35.7 Å². The highest BCUT2D eigenvalue weighted by atomic mass is 32.2. The van der Waals surface area contributed by atoms with Gasteiger partial charge in [-0.15, -0.1) is 11.3 Å². The number of carbonyl (C=O) groups excluding carboxylic acids is 1.